The van der Waals surface area contributed by atoms with Crippen molar-refractivity contribution < 1.29 is 18.6 Å². The Morgan fingerprint density at radius 3 is 2.94 bits per heavy atom. The predicted octanol–water partition coefficient (Wildman–Crippen LogP) is 3.31. The summed E-state index contributed by atoms with van der Waals surface area (Å²) in [5.41, 5.74) is 8.36. The van der Waals surface area contributed by atoms with Crippen LogP contribution in [0.3, 0.4) is 0 Å². The first-order valence-corrected chi connectivity index (χ1v) is 10.4. The number of hydrogen-bond acceptors (Lipinski definition) is 8. The monoisotopic (exact) mass is 421 g/mol. The molecule has 1 saturated heterocycles. The van der Waals surface area contributed by atoms with Crippen molar-refractivity contribution in [1.82, 2.24) is 19.5 Å². The quantitative estimate of drug-likeness (QED) is 0.534. The molecule has 2 aliphatic rings. The average Bonchev–Trinajstić information content (AvgIpc) is 3.49. The van der Waals surface area contributed by atoms with Gasteiger partial charge in [-0.3, -0.25) is 0 Å². The lowest BCUT2D eigenvalue weighted by Gasteiger charge is -2.24. The number of anilines is 1. The highest BCUT2D eigenvalue weighted by Gasteiger charge is 2.54. The molecule has 0 radical (unpaired) electrons. The van der Waals surface area contributed by atoms with Crippen molar-refractivity contribution >= 4 is 28.0 Å². The molecule has 4 heterocycles. The second-order valence-corrected chi connectivity index (χ2v) is 8.64. The van der Waals surface area contributed by atoms with Gasteiger partial charge in [-0.05, 0) is 38.5 Å². The van der Waals surface area contributed by atoms with E-state index >= 15 is 0 Å². The zero-order valence-electron chi connectivity index (χ0n) is 17.3. The van der Waals surface area contributed by atoms with Crippen LogP contribution in [0, 0.1) is 5.92 Å². The maximum atomic E-state index is 6.32. The van der Waals surface area contributed by atoms with Gasteiger partial charge >= 0.3 is 0 Å². The molecule has 4 atom stereocenters. The number of ether oxygens (including phenoxy) is 3. The first-order valence-electron chi connectivity index (χ1n) is 10.4. The maximum Gasteiger partial charge on any atom is 0.181 e. The van der Waals surface area contributed by atoms with E-state index in [-0.39, 0.29) is 24.2 Å². The first kappa shape index (κ1) is 18.6. The molecule has 0 amide bonds. The molecule has 0 spiro atoms. The van der Waals surface area contributed by atoms with Gasteiger partial charge < -0.3 is 28.9 Å². The van der Waals surface area contributed by atoms with E-state index in [9.17, 15) is 0 Å². The lowest BCUT2D eigenvalue weighted by Crippen LogP contribution is -2.29. The zero-order chi connectivity index (χ0) is 21.2. The largest absolute Gasteiger partial charge is 0.493 e. The Balaban J connectivity index is 1.28. The van der Waals surface area contributed by atoms with Crippen LogP contribution >= 0.6 is 0 Å². The zero-order valence-corrected chi connectivity index (χ0v) is 17.3. The maximum absolute atomic E-state index is 6.32. The molecule has 6 rings (SSSR count). The molecule has 9 heteroatoms. The number of hydrogen-bond donors (Lipinski definition) is 1. The van der Waals surface area contributed by atoms with Crippen molar-refractivity contribution in [2.24, 2.45) is 5.92 Å². The minimum Gasteiger partial charge on any atom is -0.493 e. The van der Waals surface area contributed by atoms with Gasteiger partial charge in [-0.2, -0.15) is 0 Å². The van der Waals surface area contributed by atoms with E-state index in [1.807, 2.05) is 44.3 Å². The van der Waals surface area contributed by atoms with E-state index in [1.165, 1.54) is 12.7 Å². The van der Waals surface area contributed by atoms with E-state index in [0.29, 0.717) is 18.0 Å². The number of nitrogens with zero attached hydrogens (tertiary/aromatic N) is 4. The van der Waals surface area contributed by atoms with E-state index in [1.54, 1.807) is 0 Å². The van der Waals surface area contributed by atoms with E-state index in [4.69, 9.17) is 24.4 Å². The fraction of sp³-hybridized carbons (Fsp3) is 0.409. The van der Waals surface area contributed by atoms with Gasteiger partial charge in [-0.1, -0.05) is 0 Å². The minimum absolute atomic E-state index is 0.0592. The van der Waals surface area contributed by atoms with Crippen LogP contribution < -0.4 is 10.5 Å². The molecular formula is C22H23N5O4. The summed E-state index contributed by atoms with van der Waals surface area (Å²) in [4.78, 5) is 12.7. The van der Waals surface area contributed by atoms with Crippen LogP contribution in [0.2, 0.25) is 0 Å². The third-order valence-electron chi connectivity index (χ3n) is 6.22. The van der Waals surface area contributed by atoms with Gasteiger partial charge in [0.05, 0.1) is 24.1 Å². The summed E-state index contributed by atoms with van der Waals surface area (Å²) in [7, 11) is 0. The standard InChI is InChI=1S/C22H23N5O4/c1-22(2)30-18-12(9-28-13-3-4-15-17(8-13)29-11-26-15)7-16(19(18)31-22)27-6-5-14-20(23)24-10-25-21(14)27/h3-6,8,10-12,16,18-19H,7,9H2,1-2H3,(H2,23,24,25)/t12-,16-,18-,19+/m1/s1. The summed E-state index contributed by atoms with van der Waals surface area (Å²) in [5, 5.41) is 0.845. The van der Waals surface area contributed by atoms with Crippen LogP contribution in [0.4, 0.5) is 5.82 Å². The molecule has 1 aliphatic carbocycles. The topological polar surface area (TPSA) is 110 Å². The van der Waals surface area contributed by atoms with Gasteiger partial charge in [-0.15, -0.1) is 0 Å². The SMILES string of the molecule is CC1(C)O[C@@H]2[C@@H](COc3ccc4ncoc4c3)C[C@@H](n3ccc4c(N)ncnc43)[C@@H]2O1. The van der Waals surface area contributed by atoms with Gasteiger partial charge in [-0.25, -0.2) is 15.0 Å². The molecule has 1 aliphatic heterocycles. The van der Waals surface area contributed by atoms with Crippen LogP contribution in [0.15, 0.2) is 47.6 Å². The Labute approximate surface area is 178 Å². The smallest absolute Gasteiger partial charge is 0.181 e. The second-order valence-electron chi connectivity index (χ2n) is 8.64. The van der Waals surface area contributed by atoms with E-state index in [2.05, 4.69) is 19.5 Å². The Hall–Kier alpha value is -3.17. The summed E-state index contributed by atoms with van der Waals surface area (Å²) >= 11 is 0. The van der Waals surface area contributed by atoms with E-state index < -0.39 is 5.79 Å². The molecule has 3 aromatic heterocycles. The molecule has 9 nitrogen and oxygen atoms in total. The Kier molecular flexibility index (Phi) is 4.00. The highest BCUT2D eigenvalue weighted by molar-refractivity contribution is 5.86. The third-order valence-corrected chi connectivity index (χ3v) is 6.22. The van der Waals surface area contributed by atoms with Crippen molar-refractivity contribution in [3.05, 3.63) is 43.2 Å². The second kappa shape index (κ2) is 6.66. The number of fused-ring (bicyclic) bond motifs is 3. The fourth-order valence-corrected chi connectivity index (χ4v) is 4.88. The molecular weight excluding hydrogens is 398 g/mol. The molecule has 0 bridgehead atoms. The highest BCUT2D eigenvalue weighted by Crippen LogP contribution is 2.48. The van der Waals surface area contributed by atoms with Gasteiger partial charge in [0.1, 0.15) is 35.2 Å². The number of oxazole rings is 1. The number of nitrogens with two attached hydrogens (primary N) is 1. The summed E-state index contributed by atoms with van der Waals surface area (Å²) in [6, 6.07) is 7.68. The fourth-order valence-electron chi connectivity index (χ4n) is 4.88. The van der Waals surface area contributed by atoms with E-state index in [0.717, 1.165) is 28.7 Å². The highest BCUT2D eigenvalue weighted by atomic mass is 16.8. The molecule has 160 valence electrons. The molecule has 31 heavy (non-hydrogen) atoms. The Bertz CT molecular complexity index is 1270. The first-order chi connectivity index (χ1) is 15.0. The Morgan fingerprint density at radius 1 is 1.16 bits per heavy atom. The van der Waals surface area contributed by atoms with Gasteiger partial charge in [0.25, 0.3) is 0 Å². The molecule has 1 saturated carbocycles. The summed E-state index contributed by atoms with van der Waals surface area (Å²) in [6.45, 7) is 4.41. The molecule has 0 unspecified atom stereocenters. The lowest BCUT2D eigenvalue weighted by molar-refractivity contribution is -0.161. The number of nitrogen functional groups attached to an aromatic ring is 1. The molecule has 2 fully saturated rings. The lowest BCUT2D eigenvalue weighted by atomic mass is 10.1. The number of aromatic nitrogens is 4. The molecule has 2 N–H and O–H groups in total. The van der Waals surface area contributed by atoms with Crippen LogP contribution in [0.25, 0.3) is 22.1 Å². The Morgan fingerprint density at radius 2 is 2.03 bits per heavy atom. The van der Waals surface area contributed by atoms with Crippen LogP contribution in [-0.4, -0.2) is 44.1 Å². The normalized spacial score (nSPS) is 27.2. The van der Waals surface area contributed by atoms with Crippen LogP contribution in [0.5, 0.6) is 5.75 Å². The number of benzene rings is 1. The van der Waals surface area contributed by atoms with Crippen molar-refractivity contribution in [2.75, 3.05) is 12.3 Å². The van der Waals surface area contributed by atoms with Crippen LogP contribution in [0.1, 0.15) is 26.3 Å². The van der Waals surface area contributed by atoms with Crippen LogP contribution in [-0.2, 0) is 9.47 Å². The van der Waals surface area contributed by atoms with Gasteiger partial charge in [0.2, 0.25) is 0 Å². The van der Waals surface area contributed by atoms with Crippen molar-refractivity contribution in [2.45, 2.75) is 44.3 Å². The summed E-state index contributed by atoms with van der Waals surface area (Å²) in [5.74, 6) is 0.722. The minimum atomic E-state index is -0.651. The predicted molar refractivity (Wildman–Crippen MR) is 112 cm³/mol. The van der Waals surface area contributed by atoms with Gasteiger partial charge in [0, 0.05) is 18.2 Å². The van der Waals surface area contributed by atoms with Crippen molar-refractivity contribution in [3.8, 4) is 5.75 Å². The summed E-state index contributed by atoms with van der Waals surface area (Å²) < 4.78 is 26.3. The molecule has 4 aromatic rings. The summed E-state index contributed by atoms with van der Waals surface area (Å²) in [6.07, 6.45) is 5.59. The third kappa shape index (κ3) is 3.03. The number of rotatable bonds is 4. The van der Waals surface area contributed by atoms with Crippen molar-refractivity contribution in [1.29, 1.82) is 0 Å². The van der Waals surface area contributed by atoms with Gasteiger partial charge in [0.15, 0.2) is 17.8 Å². The average molecular weight is 421 g/mol. The van der Waals surface area contributed by atoms with Crippen molar-refractivity contribution in [3.63, 3.8) is 0 Å². The molecule has 1 aromatic carbocycles.